The Morgan fingerprint density at radius 3 is 2.56 bits per heavy atom. The summed E-state index contributed by atoms with van der Waals surface area (Å²) in [6.07, 6.45) is -3.29. The van der Waals surface area contributed by atoms with Gasteiger partial charge in [-0.15, -0.1) is 0 Å². The molecule has 1 aliphatic carbocycles. The van der Waals surface area contributed by atoms with E-state index in [0.29, 0.717) is 0 Å². The van der Waals surface area contributed by atoms with Crippen LogP contribution in [0.15, 0.2) is 48.7 Å². The van der Waals surface area contributed by atoms with Crippen LogP contribution in [0.1, 0.15) is 18.9 Å². The van der Waals surface area contributed by atoms with E-state index in [4.69, 9.17) is 18.9 Å². The zero-order chi connectivity index (χ0) is 24.5. The molecule has 0 spiro atoms. The van der Waals surface area contributed by atoms with Crippen LogP contribution in [0.3, 0.4) is 0 Å². The summed E-state index contributed by atoms with van der Waals surface area (Å²) >= 11 is 0. The maximum atomic E-state index is 12.6. The van der Waals surface area contributed by atoms with Crippen molar-refractivity contribution in [2.45, 2.75) is 62.0 Å². The number of rotatable bonds is 6. The average molecular weight is 478 g/mol. The summed E-state index contributed by atoms with van der Waals surface area (Å²) in [4.78, 5) is 12.6. The number of ether oxygens (including phenoxy) is 4. The Balaban J connectivity index is 1.50. The van der Waals surface area contributed by atoms with Crippen molar-refractivity contribution in [3.05, 3.63) is 54.3 Å². The molecule has 1 saturated heterocycles. The highest BCUT2D eigenvalue weighted by Crippen LogP contribution is 2.49. The molecule has 1 saturated carbocycles. The highest BCUT2D eigenvalue weighted by Gasteiger charge is 2.59. The quantitative estimate of drug-likeness (QED) is 0.271. The van der Waals surface area contributed by atoms with E-state index in [1.165, 1.54) is 12.3 Å². The normalized spacial score (nSPS) is 41.8. The Morgan fingerprint density at radius 2 is 1.85 bits per heavy atom. The molecule has 186 valence electrons. The fourth-order valence-corrected chi connectivity index (χ4v) is 4.88. The van der Waals surface area contributed by atoms with Crippen LogP contribution < -0.4 is 0 Å². The summed E-state index contributed by atoms with van der Waals surface area (Å²) < 4.78 is 22.6. The van der Waals surface area contributed by atoms with E-state index in [9.17, 15) is 30.3 Å². The van der Waals surface area contributed by atoms with E-state index < -0.39 is 73.1 Å². The monoisotopic (exact) mass is 478 g/mol. The van der Waals surface area contributed by atoms with Crippen LogP contribution in [0.25, 0.3) is 6.08 Å². The predicted molar refractivity (Wildman–Crippen MR) is 116 cm³/mol. The van der Waals surface area contributed by atoms with Crippen molar-refractivity contribution in [3.8, 4) is 0 Å². The average Bonchev–Trinajstić information content (AvgIpc) is 3.09. The van der Waals surface area contributed by atoms with Gasteiger partial charge in [-0.25, -0.2) is 4.79 Å². The smallest absolute Gasteiger partial charge is 0.331 e. The molecule has 1 aromatic carbocycles. The second-order valence-electron chi connectivity index (χ2n) is 9.02. The van der Waals surface area contributed by atoms with Crippen molar-refractivity contribution < 1.29 is 49.3 Å². The molecule has 34 heavy (non-hydrogen) atoms. The SMILES string of the molecule is C[C@]1(OC(=O)C=Cc2ccccc2)C[C@@H](O)[C@@H]2C=CO[C@@H](O[C@@H]3O[C@H](CO)[C@@H](O)[C@H](O)[C@H]3O)[C@@H]21. The van der Waals surface area contributed by atoms with Crippen LogP contribution in [0.5, 0.6) is 0 Å². The van der Waals surface area contributed by atoms with Crippen molar-refractivity contribution in [2.24, 2.45) is 11.8 Å². The van der Waals surface area contributed by atoms with Gasteiger partial charge in [0.25, 0.3) is 0 Å². The van der Waals surface area contributed by atoms with Crippen molar-refractivity contribution in [2.75, 3.05) is 6.61 Å². The van der Waals surface area contributed by atoms with E-state index >= 15 is 0 Å². The fourth-order valence-electron chi connectivity index (χ4n) is 4.88. The lowest BCUT2D eigenvalue weighted by Gasteiger charge is -2.44. The first kappa shape index (κ1) is 24.8. The molecule has 0 bridgehead atoms. The zero-order valence-electron chi connectivity index (χ0n) is 18.6. The highest BCUT2D eigenvalue weighted by atomic mass is 16.8. The largest absolute Gasteiger partial charge is 0.472 e. The number of carbonyl (C=O) groups excluding carboxylic acids is 1. The minimum absolute atomic E-state index is 0.121. The van der Waals surface area contributed by atoms with E-state index in [1.807, 2.05) is 30.3 Å². The maximum absolute atomic E-state index is 12.6. The first-order chi connectivity index (χ1) is 16.2. The molecule has 10 nitrogen and oxygen atoms in total. The molecule has 5 N–H and O–H groups in total. The molecule has 10 heteroatoms. The molecule has 2 heterocycles. The van der Waals surface area contributed by atoms with Gasteiger partial charge in [-0.3, -0.25) is 0 Å². The van der Waals surface area contributed by atoms with Gasteiger partial charge < -0.3 is 44.5 Å². The molecule has 2 aliphatic heterocycles. The Labute approximate surface area is 196 Å². The Bertz CT molecular complexity index is 902. The molecule has 1 aromatic rings. The number of benzene rings is 1. The number of hydrogen-bond acceptors (Lipinski definition) is 10. The minimum Gasteiger partial charge on any atom is -0.472 e. The Kier molecular flexibility index (Phi) is 7.39. The number of aliphatic hydroxyl groups is 5. The van der Waals surface area contributed by atoms with Crippen LogP contribution in [0.4, 0.5) is 0 Å². The van der Waals surface area contributed by atoms with Crippen LogP contribution in [-0.2, 0) is 23.7 Å². The van der Waals surface area contributed by atoms with Crippen molar-refractivity contribution >= 4 is 12.0 Å². The molecular formula is C24H30O10. The van der Waals surface area contributed by atoms with Gasteiger partial charge in [0, 0.05) is 18.4 Å². The second-order valence-corrected chi connectivity index (χ2v) is 9.02. The lowest BCUT2D eigenvalue weighted by atomic mass is 9.84. The van der Waals surface area contributed by atoms with E-state index in [1.54, 1.807) is 19.1 Å². The second kappa shape index (κ2) is 10.1. The molecule has 3 aliphatic rings. The molecule has 2 fully saturated rings. The van der Waals surface area contributed by atoms with Gasteiger partial charge in [-0.1, -0.05) is 30.3 Å². The van der Waals surface area contributed by atoms with Crippen LogP contribution in [-0.4, -0.2) is 86.8 Å². The van der Waals surface area contributed by atoms with Crippen molar-refractivity contribution in [3.63, 3.8) is 0 Å². The third kappa shape index (κ3) is 4.89. The van der Waals surface area contributed by atoms with Crippen LogP contribution in [0, 0.1) is 11.8 Å². The van der Waals surface area contributed by atoms with Gasteiger partial charge >= 0.3 is 5.97 Å². The topological polar surface area (TPSA) is 155 Å². The van der Waals surface area contributed by atoms with E-state index in [0.717, 1.165) is 5.56 Å². The standard InChI is InChI=1S/C24H30O10/c1-24(34-17(27)8-7-13-5-3-2-4-6-13)11-15(26)14-9-10-31-22(18(14)24)33-23-21(30)20(29)19(28)16(12-25)32-23/h2-10,14-16,18-23,25-26,28-30H,11-12H2,1H3/t14-,15+,16+,18+,19+,20-,21+,22-,23-,24-/m0/s1. The molecule has 0 aromatic heterocycles. The summed E-state index contributed by atoms with van der Waals surface area (Å²) in [7, 11) is 0. The van der Waals surface area contributed by atoms with Crippen LogP contribution >= 0.6 is 0 Å². The summed E-state index contributed by atoms with van der Waals surface area (Å²) in [6, 6.07) is 9.23. The van der Waals surface area contributed by atoms with Gasteiger partial charge in [-0.05, 0) is 24.6 Å². The first-order valence-corrected chi connectivity index (χ1v) is 11.2. The number of carbonyl (C=O) groups is 1. The van der Waals surface area contributed by atoms with E-state index in [-0.39, 0.29) is 6.42 Å². The molecular weight excluding hydrogens is 448 g/mol. The minimum atomic E-state index is -1.63. The third-order valence-electron chi connectivity index (χ3n) is 6.65. The molecule has 0 amide bonds. The van der Waals surface area contributed by atoms with Gasteiger partial charge in [0.05, 0.1) is 24.9 Å². The van der Waals surface area contributed by atoms with Gasteiger partial charge in [0.1, 0.15) is 30.0 Å². The van der Waals surface area contributed by atoms with Gasteiger partial charge in [-0.2, -0.15) is 0 Å². The van der Waals surface area contributed by atoms with Crippen molar-refractivity contribution in [1.82, 2.24) is 0 Å². The number of aliphatic hydroxyl groups excluding tert-OH is 5. The third-order valence-corrected chi connectivity index (χ3v) is 6.65. The molecule has 10 atom stereocenters. The van der Waals surface area contributed by atoms with Crippen molar-refractivity contribution in [1.29, 1.82) is 0 Å². The van der Waals surface area contributed by atoms with Crippen LogP contribution in [0.2, 0.25) is 0 Å². The number of fused-ring (bicyclic) bond motifs is 1. The molecule has 4 rings (SSSR count). The van der Waals surface area contributed by atoms with Gasteiger partial charge in [0.15, 0.2) is 6.29 Å². The number of esters is 1. The zero-order valence-corrected chi connectivity index (χ0v) is 18.6. The first-order valence-electron chi connectivity index (χ1n) is 11.2. The fraction of sp³-hybridized carbons (Fsp3) is 0.542. The van der Waals surface area contributed by atoms with Gasteiger partial charge in [0.2, 0.25) is 6.29 Å². The molecule has 0 radical (unpaired) electrons. The summed E-state index contributed by atoms with van der Waals surface area (Å²) in [5.74, 6) is -1.76. The summed E-state index contributed by atoms with van der Waals surface area (Å²) in [5.41, 5.74) is -0.368. The lowest BCUT2D eigenvalue weighted by Crippen LogP contribution is -2.60. The van der Waals surface area contributed by atoms with E-state index in [2.05, 4.69) is 0 Å². The lowest BCUT2D eigenvalue weighted by molar-refractivity contribution is -0.346. The molecule has 0 unspecified atom stereocenters. The maximum Gasteiger partial charge on any atom is 0.331 e. The highest BCUT2D eigenvalue weighted by molar-refractivity contribution is 5.87. The summed E-state index contributed by atoms with van der Waals surface area (Å²) in [6.45, 7) is 1.06. The predicted octanol–water partition coefficient (Wildman–Crippen LogP) is -0.315. The number of hydrogen-bond donors (Lipinski definition) is 5. The Morgan fingerprint density at radius 1 is 1.12 bits per heavy atom. The summed E-state index contributed by atoms with van der Waals surface area (Å²) in [5, 5.41) is 50.5. The Hall–Kier alpha value is -2.31.